The van der Waals surface area contributed by atoms with Crippen molar-refractivity contribution < 1.29 is 13.9 Å². The van der Waals surface area contributed by atoms with Gasteiger partial charge in [-0.15, -0.1) is 0 Å². The minimum absolute atomic E-state index is 0.0274. The summed E-state index contributed by atoms with van der Waals surface area (Å²) >= 11 is 0. The van der Waals surface area contributed by atoms with Gasteiger partial charge in [-0.05, 0) is 44.3 Å². The standard InChI is InChI=1S/C22H25N3O3/c1-16-20(15-25(3)13-12-21(26)23-2)24-22(27-16)17-8-7-11-19(14-17)28-18-9-5-4-6-10-18/h4-11,14H,12-13,15H2,1-3H3,(H,23,26). The summed E-state index contributed by atoms with van der Waals surface area (Å²) in [5, 5.41) is 2.63. The monoisotopic (exact) mass is 379 g/mol. The van der Waals surface area contributed by atoms with Crippen LogP contribution in [0.3, 0.4) is 0 Å². The summed E-state index contributed by atoms with van der Waals surface area (Å²) < 4.78 is 11.8. The highest BCUT2D eigenvalue weighted by Gasteiger charge is 2.14. The van der Waals surface area contributed by atoms with E-state index in [2.05, 4.69) is 15.2 Å². The minimum Gasteiger partial charge on any atom is -0.457 e. The molecule has 0 aliphatic rings. The molecule has 1 heterocycles. The van der Waals surface area contributed by atoms with E-state index in [1.807, 2.05) is 68.6 Å². The predicted octanol–water partition coefficient (Wildman–Crippen LogP) is 4.01. The summed E-state index contributed by atoms with van der Waals surface area (Å²) in [7, 11) is 3.61. The fraction of sp³-hybridized carbons (Fsp3) is 0.273. The van der Waals surface area contributed by atoms with Gasteiger partial charge in [0.2, 0.25) is 11.8 Å². The van der Waals surface area contributed by atoms with Gasteiger partial charge in [-0.2, -0.15) is 0 Å². The van der Waals surface area contributed by atoms with Crippen LogP contribution in [-0.4, -0.2) is 36.4 Å². The first-order chi connectivity index (χ1) is 13.5. The largest absolute Gasteiger partial charge is 0.457 e. The number of carbonyl (C=O) groups is 1. The quantitative estimate of drug-likeness (QED) is 0.640. The predicted molar refractivity (Wildman–Crippen MR) is 108 cm³/mol. The molecule has 6 nitrogen and oxygen atoms in total. The number of carbonyl (C=O) groups excluding carboxylic acids is 1. The molecule has 0 atom stereocenters. The molecule has 2 aromatic carbocycles. The number of aromatic nitrogens is 1. The first kappa shape index (κ1) is 19.6. The molecule has 146 valence electrons. The fourth-order valence-electron chi connectivity index (χ4n) is 2.77. The Labute approximate surface area is 165 Å². The molecule has 3 rings (SSSR count). The van der Waals surface area contributed by atoms with Gasteiger partial charge >= 0.3 is 0 Å². The lowest BCUT2D eigenvalue weighted by Crippen LogP contribution is -2.26. The number of rotatable bonds is 8. The number of amides is 1. The number of nitrogens with one attached hydrogen (secondary N) is 1. The van der Waals surface area contributed by atoms with Crippen molar-refractivity contribution >= 4 is 5.91 Å². The lowest BCUT2D eigenvalue weighted by atomic mass is 10.2. The van der Waals surface area contributed by atoms with Crippen LogP contribution in [-0.2, 0) is 11.3 Å². The number of aryl methyl sites for hydroxylation is 1. The van der Waals surface area contributed by atoms with Crippen LogP contribution < -0.4 is 10.1 Å². The smallest absolute Gasteiger partial charge is 0.226 e. The maximum Gasteiger partial charge on any atom is 0.226 e. The van der Waals surface area contributed by atoms with Gasteiger partial charge < -0.3 is 14.5 Å². The van der Waals surface area contributed by atoms with Gasteiger partial charge in [0.05, 0.1) is 5.69 Å². The van der Waals surface area contributed by atoms with E-state index in [9.17, 15) is 4.79 Å². The number of oxazole rings is 1. The van der Waals surface area contributed by atoms with E-state index in [0.717, 1.165) is 28.5 Å². The van der Waals surface area contributed by atoms with Gasteiger partial charge in [0.15, 0.2) is 0 Å². The van der Waals surface area contributed by atoms with E-state index < -0.39 is 0 Å². The first-order valence-electron chi connectivity index (χ1n) is 9.24. The Morgan fingerprint density at radius 2 is 1.89 bits per heavy atom. The molecule has 0 fully saturated rings. The highest BCUT2D eigenvalue weighted by molar-refractivity contribution is 5.75. The number of hydrogen-bond acceptors (Lipinski definition) is 5. The molecule has 0 bridgehead atoms. The molecule has 0 unspecified atom stereocenters. The van der Waals surface area contributed by atoms with Crippen LogP contribution in [0.15, 0.2) is 59.0 Å². The van der Waals surface area contributed by atoms with Crippen LogP contribution in [0.25, 0.3) is 11.5 Å². The number of ether oxygens (including phenoxy) is 1. The van der Waals surface area contributed by atoms with Crippen LogP contribution in [0.4, 0.5) is 0 Å². The van der Waals surface area contributed by atoms with Crippen molar-refractivity contribution in [1.82, 2.24) is 15.2 Å². The topological polar surface area (TPSA) is 67.6 Å². The summed E-state index contributed by atoms with van der Waals surface area (Å²) in [5.74, 6) is 2.87. The average molecular weight is 379 g/mol. The van der Waals surface area contributed by atoms with Crippen molar-refractivity contribution in [1.29, 1.82) is 0 Å². The second-order valence-electron chi connectivity index (χ2n) is 6.63. The van der Waals surface area contributed by atoms with Gasteiger partial charge in [-0.1, -0.05) is 24.3 Å². The second kappa shape index (κ2) is 9.19. The molecule has 6 heteroatoms. The molecule has 0 aliphatic carbocycles. The Bertz CT molecular complexity index is 922. The molecule has 0 aliphatic heterocycles. The molecule has 1 aromatic heterocycles. The Morgan fingerprint density at radius 1 is 1.14 bits per heavy atom. The lowest BCUT2D eigenvalue weighted by molar-refractivity contribution is -0.120. The third-order valence-corrected chi connectivity index (χ3v) is 4.37. The molecule has 0 radical (unpaired) electrons. The normalized spacial score (nSPS) is 10.9. The van der Waals surface area contributed by atoms with Crippen molar-refractivity contribution in [3.05, 3.63) is 66.1 Å². The van der Waals surface area contributed by atoms with Crippen molar-refractivity contribution in [3.63, 3.8) is 0 Å². The van der Waals surface area contributed by atoms with Crippen molar-refractivity contribution in [2.45, 2.75) is 19.9 Å². The zero-order valence-corrected chi connectivity index (χ0v) is 16.4. The number of para-hydroxylation sites is 1. The van der Waals surface area contributed by atoms with E-state index in [1.165, 1.54) is 0 Å². The highest BCUT2D eigenvalue weighted by atomic mass is 16.5. The van der Waals surface area contributed by atoms with Crippen LogP contribution in [0, 0.1) is 6.92 Å². The first-order valence-corrected chi connectivity index (χ1v) is 9.24. The maximum atomic E-state index is 11.4. The third-order valence-electron chi connectivity index (χ3n) is 4.37. The van der Waals surface area contributed by atoms with Crippen molar-refractivity contribution in [2.24, 2.45) is 0 Å². The summed E-state index contributed by atoms with van der Waals surface area (Å²) in [4.78, 5) is 18.1. The van der Waals surface area contributed by atoms with Crippen molar-refractivity contribution in [2.75, 3.05) is 20.6 Å². The van der Waals surface area contributed by atoms with Crippen molar-refractivity contribution in [3.8, 4) is 23.0 Å². The Balaban J connectivity index is 1.70. The van der Waals surface area contributed by atoms with E-state index in [0.29, 0.717) is 25.4 Å². The molecular formula is C22H25N3O3. The van der Waals surface area contributed by atoms with Crippen LogP contribution in [0.1, 0.15) is 17.9 Å². The Morgan fingerprint density at radius 3 is 2.64 bits per heavy atom. The summed E-state index contributed by atoms with van der Waals surface area (Å²) in [5.41, 5.74) is 1.72. The zero-order chi connectivity index (χ0) is 19.9. The number of benzene rings is 2. The van der Waals surface area contributed by atoms with Gasteiger partial charge in [0, 0.05) is 32.1 Å². The highest BCUT2D eigenvalue weighted by Crippen LogP contribution is 2.28. The molecule has 1 amide bonds. The second-order valence-corrected chi connectivity index (χ2v) is 6.63. The molecule has 1 N–H and O–H groups in total. The molecular weight excluding hydrogens is 354 g/mol. The third kappa shape index (κ3) is 5.20. The van der Waals surface area contributed by atoms with E-state index in [-0.39, 0.29) is 5.91 Å². The molecule has 0 spiro atoms. The number of hydrogen-bond donors (Lipinski definition) is 1. The summed E-state index contributed by atoms with van der Waals surface area (Å²) in [6, 6.07) is 17.3. The summed E-state index contributed by atoms with van der Waals surface area (Å²) in [6.45, 7) is 3.18. The lowest BCUT2D eigenvalue weighted by Gasteiger charge is -2.14. The van der Waals surface area contributed by atoms with Gasteiger partial charge in [-0.25, -0.2) is 4.98 Å². The molecule has 0 saturated carbocycles. The van der Waals surface area contributed by atoms with Gasteiger partial charge in [-0.3, -0.25) is 9.69 Å². The SMILES string of the molecule is CNC(=O)CCN(C)Cc1nc(-c2cccc(Oc3ccccc3)c2)oc1C. The maximum absolute atomic E-state index is 11.4. The zero-order valence-electron chi connectivity index (χ0n) is 16.4. The average Bonchev–Trinajstić information content (AvgIpc) is 3.07. The van der Waals surface area contributed by atoms with Crippen LogP contribution >= 0.6 is 0 Å². The molecule has 3 aromatic rings. The molecule has 28 heavy (non-hydrogen) atoms. The fourth-order valence-corrected chi connectivity index (χ4v) is 2.77. The number of nitrogens with zero attached hydrogens (tertiary/aromatic N) is 2. The van der Waals surface area contributed by atoms with E-state index >= 15 is 0 Å². The van der Waals surface area contributed by atoms with E-state index in [1.54, 1.807) is 7.05 Å². The minimum atomic E-state index is 0.0274. The van der Waals surface area contributed by atoms with Gasteiger partial charge in [0.1, 0.15) is 17.3 Å². The molecule has 0 saturated heterocycles. The van der Waals surface area contributed by atoms with E-state index in [4.69, 9.17) is 9.15 Å². The summed E-state index contributed by atoms with van der Waals surface area (Å²) in [6.07, 6.45) is 0.454. The Kier molecular flexibility index (Phi) is 6.45. The van der Waals surface area contributed by atoms with Crippen LogP contribution in [0.5, 0.6) is 11.5 Å². The Hall–Kier alpha value is -3.12. The van der Waals surface area contributed by atoms with Gasteiger partial charge in [0.25, 0.3) is 0 Å². The van der Waals surface area contributed by atoms with Crippen LogP contribution in [0.2, 0.25) is 0 Å².